The molecule has 1 amide bonds. The summed E-state index contributed by atoms with van der Waals surface area (Å²) < 4.78 is 30.2. The molecule has 0 radical (unpaired) electrons. The Kier molecular flexibility index (Phi) is 5.79. The van der Waals surface area contributed by atoms with E-state index < -0.39 is 15.9 Å². The zero-order chi connectivity index (χ0) is 21.5. The van der Waals surface area contributed by atoms with Crippen LogP contribution in [0.4, 0.5) is 5.69 Å². The molecule has 2 saturated heterocycles. The van der Waals surface area contributed by atoms with Crippen LogP contribution in [0.25, 0.3) is 0 Å². The van der Waals surface area contributed by atoms with Crippen LogP contribution in [-0.2, 0) is 21.1 Å². The van der Waals surface area contributed by atoms with Crippen LogP contribution in [0.1, 0.15) is 11.1 Å². The highest BCUT2D eigenvalue weighted by Gasteiger charge is 2.49. The van der Waals surface area contributed by atoms with E-state index >= 15 is 0 Å². The van der Waals surface area contributed by atoms with E-state index in [2.05, 4.69) is 0 Å². The first-order valence-corrected chi connectivity index (χ1v) is 12.1. The van der Waals surface area contributed by atoms with Gasteiger partial charge in [-0.1, -0.05) is 29.8 Å². The van der Waals surface area contributed by atoms with E-state index in [1.807, 2.05) is 48.2 Å². The van der Waals surface area contributed by atoms with Crippen molar-refractivity contribution in [2.24, 2.45) is 0 Å². The fourth-order valence-electron chi connectivity index (χ4n) is 4.33. The fourth-order valence-corrected chi connectivity index (χ4v) is 6.49. The van der Waals surface area contributed by atoms with Crippen LogP contribution in [0.2, 0.25) is 5.02 Å². The number of carbonyl (C=O) groups excluding carboxylic acids is 1. The van der Waals surface area contributed by atoms with Gasteiger partial charge in [0, 0.05) is 23.3 Å². The van der Waals surface area contributed by atoms with Gasteiger partial charge in [0.25, 0.3) is 0 Å². The molecule has 8 heteroatoms. The Hall–Kier alpha value is -2.09. The number of halogens is 1. The summed E-state index contributed by atoms with van der Waals surface area (Å²) in [6.07, 6.45) is 0.733. The van der Waals surface area contributed by atoms with Crippen molar-refractivity contribution in [3.8, 4) is 5.75 Å². The lowest BCUT2D eigenvalue weighted by molar-refractivity contribution is -0.123. The molecule has 4 rings (SSSR count). The third-order valence-electron chi connectivity index (χ3n) is 5.98. The molecule has 2 aromatic carbocycles. The molecular formula is C22H25ClN2O4S. The Labute approximate surface area is 182 Å². The second-order valence-corrected chi connectivity index (χ2v) is 10.5. The van der Waals surface area contributed by atoms with Crippen molar-refractivity contribution in [3.05, 3.63) is 58.6 Å². The van der Waals surface area contributed by atoms with Crippen molar-refractivity contribution in [1.29, 1.82) is 0 Å². The summed E-state index contributed by atoms with van der Waals surface area (Å²) in [6, 6.07) is 12.6. The summed E-state index contributed by atoms with van der Waals surface area (Å²) >= 11 is 6.27. The van der Waals surface area contributed by atoms with Crippen molar-refractivity contribution < 1.29 is 17.9 Å². The van der Waals surface area contributed by atoms with Crippen LogP contribution < -0.4 is 9.64 Å². The minimum Gasteiger partial charge on any atom is -0.497 e. The summed E-state index contributed by atoms with van der Waals surface area (Å²) in [5.74, 6) is 0.752. The lowest BCUT2D eigenvalue weighted by Gasteiger charge is -2.43. The van der Waals surface area contributed by atoms with Crippen molar-refractivity contribution in [2.75, 3.05) is 36.6 Å². The minimum atomic E-state index is -3.22. The van der Waals surface area contributed by atoms with Gasteiger partial charge in [0.15, 0.2) is 9.84 Å². The summed E-state index contributed by atoms with van der Waals surface area (Å²) in [7, 11) is -1.59. The quantitative estimate of drug-likeness (QED) is 0.703. The van der Waals surface area contributed by atoms with Crippen LogP contribution >= 0.6 is 11.6 Å². The molecular weight excluding hydrogens is 424 g/mol. The number of piperazine rings is 1. The molecule has 2 aliphatic rings. The van der Waals surface area contributed by atoms with Gasteiger partial charge in [-0.05, 0) is 48.7 Å². The molecule has 2 unspecified atom stereocenters. The summed E-state index contributed by atoms with van der Waals surface area (Å²) in [5, 5.41) is 0.569. The molecule has 2 fully saturated rings. The van der Waals surface area contributed by atoms with Crippen molar-refractivity contribution in [1.82, 2.24) is 4.90 Å². The fraction of sp³-hybridized carbons (Fsp3) is 0.409. The third-order valence-corrected chi connectivity index (χ3v) is 8.09. The summed E-state index contributed by atoms with van der Waals surface area (Å²) in [4.78, 5) is 16.7. The molecule has 0 aromatic heterocycles. The first-order valence-electron chi connectivity index (χ1n) is 9.93. The predicted molar refractivity (Wildman–Crippen MR) is 118 cm³/mol. The molecule has 0 saturated carbocycles. The Morgan fingerprint density at radius 2 is 1.80 bits per heavy atom. The van der Waals surface area contributed by atoms with E-state index in [1.165, 1.54) is 0 Å². The topological polar surface area (TPSA) is 66.9 Å². The molecule has 2 heterocycles. The molecule has 2 aromatic rings. The highest BCUT2D eigenvalue weighted by atomic mass is 35.5. The largest absolute Gasteiger partial charge is 0.497 e. The number of anilines is 1. The number of rotatable bonds is 5. The molecule has 6 nitrogen and oxygen atoms in total. The van der Waals surface area contributed by atoms with Gasteiger partial charge in [-0.3, -0.25) is 9.69 Å². The highest BCUT2D eigenvalue weighted by Crippen LogP contribution is 2.33. The zero-order valence-corrected chi connectivity index (χ0v) is 18.6. The number of aryl methyl sites for hydroxylation is 1. The number of nitrogens with zero attached hydrogens (tertiary/aromatic N) is 2. The molecule has 0 aliphatic carbocycles. The SMILES string of the molecule is COc1ccc(CCN2CC(=O)N(c3ccc(C)c(Cl)c3)C3CS(=O)(=O)CC32)cc1. The normalized spacial score (nSPS) is 23.4. The lowest BCUT2D eigenvalue weighted by atomic mass is 10.0. The average Bonchev–Trinajstić information content (AvgIpc) is 3.03. The van der Waals surface area contributed by atoms with Crippen molar-refractivity contribution in [2.45, 2.75) is 25.4 Å². The molecule has 2 aliphatic heterocycles. The molecule has 2 atom stereocenters. The average molecular weight is 449 g/mol. The van der Waals surface area contributed by atoms with Gasteiger partial charge in [0.1, 0.15) is 5.75 Å². The minimum absolute atomic E-state index is 0.0199. The van der Waals surface area contributed by atoms with Crippen molar-refractivity contribution >= 4 is 33.0 Å². The number of sulfone groups is 1. The number of amides is 1. The van der Waals surface area contributed by atoms with Crippen LogP contribution in [0.15, 0.2) is 42.5 Å². The van der Waals surface area contributed by atoms with Gasteiger partial charge in [-0.25, -0.2) is 8.42 Å². The number of hydrogen-bond acceptors (Lipinski definition) is 5. The zero-order valence-electron chi connectivity index (χ0n) is 17.0. The van der Waals surface area contributed by atoms with E-state index in [0.29, 0.717) is 17.3 Å². The van der Waals surface area contributed by atoms with E-state index in [4.69, 9.17) is 16.3 Å². The van der Waals surface area contributed by atoms with Gasteiger partial charge >= 0.3 is 0 Å². The van der Waals surface area contributed by atoms with Crippen LogP contribution in [0.3, 0.4) is 0 Å². The van der Waals surface area contributed by atoms with Crippen LogP contribution in [0.5, 0.6) is 5.75 Å². The monoisotopic (exact) mass is 448 g/mol. The second kappa shape index (κ2) is 8.21. The van der Waals surface area contributed by atoms with E-state index in [0.717, 1.165) is 23.3 Å². The molecule has 30 heavy (non-hydrogen) atoms. The van der Waals surface area contributed by atoms with Gasteiger partial charge in [0.05, 0.1) is 31.2 Å². The van der Waals surface area contributed by atoms with Gasteiger partial charge in [-0.15, -0.1) is 0 Å². The second-order valence-electron chi connectivity index (χ2n) is 7.98. The number of hydrogen-bond donors (Lipinski definition) is 0. The maximum absolute atomic E-state index is 13.1. The molecule has 0 bridgehead atoms. The van der Waals surface area contributed by atoms with E-state index in [1.54, 1.807) is 18.1 Å². The number of fused-ring (bicyclic) bond motifs is 1. The Balaban J connectivity index is 1.56. The lowest BCUT2D eigenvalue weighted by Crippen LogP contribution is -2.62. The van der Waals surface area contributed by atoms with Gasteiger partial charge in [-0.2, -0.15) is 0 Å². The molecule has 0 N–H and O–H groups in total. The van der Waals surface area contributed by atoms with Gasteiger partial charge < -0.3 is 9.64 Å². The maximum Gasteiger partial charge on any atom is 0.241 e. The predicted octanol–water partition coefficient (Wildman–Crippen LogP) is 2.71. The van der Waals surface area contributed by atoms with E-state index in [9.17, 15) is 13.2 Å². The summed E-state index contributed by atoms with van der Waals surface area (Å²) in [5.41, 5.74) is 2.70. The first kappa shape index (κ1) is 21.2. The van der Waals surface area contributed by atoms with E-state index in [-0.39, 0.29) is 30.0 Å². The number of benzene rings is 2. The summed E-state index contributed by atoms with van der Waals surface area (Å²) in [6.45, 7) is 2.71. The molecule has 160 valence electrons. The van der Waals surface area contributed by atoms with Crippen LogP contribution in [-0.4, -0.2) is 63.0 Å². The Bertz CT molecular complexity index is 1060. The number of methoxy groups -OCH3 is 1. The highest BCUT2D eigenvalue weighted by molar-refractivity contribution is 7.91. The van der Waals surface area contributed by atoms with Gasteiger partial charge in [0.2, 0.25) is 5.91 Å². The Morgan fingerprint density at radius 1 is 1.10 bits per heavy atom. The van der Waals surface area contributed by atoms with Crippen molar-refractivity contribution in [3.63, 3.8) is 0 Å². The Morgan fingerprint density at radius 3 is 2.47 bits per heavy atom. The van der Waals surface area contributed by atoms with Crippen LogP contribution in [0, 0.1) is 6.92 Å². The molecule has 0 spiro atoms. The number of carbonyl (C=O) groups is 1. The first-order chi connectivity index (χ1) is 14.3. The smallest absolute Gasteiger partial charge is 0.241 e. The maximum atomic E-state index is 13.1. The number of ether oxygens (including phenoxy) is 1. The standard InChI is InChI=1S/C22H25ClN2O4S/c1-15-3-6-17(11-19(15)23)25-21-14-30(27,28)13-20(21)24(12-22(25)26)10-9-16-4-7-18(29-2)8-5-16/h3-8,11,20-21H,9-10,12-14H2,1-2H3. The third kappa shape index (κ3) is 4.19.